The molecule has 0 amide bonds. The lowest BCUT2D eigenvalue weighted by atomic mass is 10.1. The van der Waals surface area contributed by atoms with Crippen molar-refractivity contribution in [1.29, 1.82) is 0 Å². The molecular formula is C14H15Cl2NS. The number of hydrogen-bond donors (Lipinski definition) is 1. The first-order chi connectivity index (χ1) is 8.70. The second-order valence-electron chi connectivity index (χ2n) is 4.09. The zero-order valence-corrected chi connectivity index (χ0v) is 12.5. The van der Waals surface area contributed by atoms with Crippen LogP contribution in [0.4, 0.5) is 0 Å². The van der Waals surface area contributed by atoms with Crippen molar-refractivity contribution < 1.29 is 0 Å². The summed E-state index contributed by atoms with van der Waals surface area (Å²) in [6.07, 6.45) is 1.13. The summed E-state index contributed by atoms with van der Waals surface area (Å²) in [6, 6.07) is 10.1. The largest absolute Gasteiger partial charge is 0.313 e. The highest BCUT2D eigenvalue weighted by Crippen LogP contribution is 2.33. The molecule has 1 aromatic carbocycles. The van der Waals surface area contributed by atoms with Gasteiger partial charge in [0.1, 0.15) is 0 Å². The van der Waals surface area contributed by atoms with E-state index in [1.807, 2.05) is 18.2 Å². The Kier molecular flexibility index (Phi) is 5.07. The van der Waals surface area contributed by atoms with Gasteiger partial charge in [0.15, 0.2) is 0 Å². The maximum atomic E-state index is 6.30. The molecule has 96 valence electrons. The van der Waals surface area contributed by atoms with Crippen LogP contribution in [0.2, 0.25) is 9.36 Å². The number of rotatable bonds is 5. The van der Waals surface area contributed by atoms with E-state index in [4.69, 9.17) is 23.2 Å². The molecule has 0 unspecified atom stereocenters. The molecule has 0 spiro atoms. The summed E-state index contributed by atoms with van der Waals surface area (Å²) in [5.41, 5.74) is 2.26. The Balaban J connectivity index is 2.14. The maximum absolute atomic E-state index is 6.30. The van der Waals surface area contributed by atoms with Crippen LogP contribution in [-0.2, 0) is 6.54 Å². The third-order valence-electron chi connectivity index (χ3n) is 2.65. The third-order valence-corrected chi connectivity index (χ3v) is 4.29. The van der Waals surface area contributed by atoms with Crippen LogP contribution in [0.3, 0.4) is 0 Å². The molecule has 1 heterocycles. The van der Waals surface area contributed by atoms with Gasteiger partial charge in [-0.1, -0.05) is 42.3 Å². The molecule has 18 heavy (non-hydrogen) atoms. The average molecular weight is 300 g/mol. The minimum absolute atomic E-state index is 0.801. The first-order valence-corrected chi connectivity index (χ1v) is 7.53. The van der Waals surface area contributed by atoms with Gasteiger partial charge in [0, 0.05) is 16.4 Å². The normalized spacial score (nSPS) is 10.8. The summed E-state index contributed by atoms with van der Waals surface area (Å²) >= 11 is 13.8. The van der Waals surface area contributed by atoms with Crippen LogP contribution >= 0.6 is 34.5 Å². The summed E-state index contributed by atoms with van der Waals surface area (Å²) in [6.45, 7) is 3.98. The van der Waals surface area contributed by atoms with Crippen LogP contribution in [0.1, 0.15) is 18.9 Å². The van der Waals surface area contributed by atoms with Gasteiger partial charge < -0.3 is 5.32 Å². The Morgan fingerprint density at radius 1 is 1.17 bits per heavy atom. The van der Waals surface area contributed by atoms with Crippen LogP contribution in [0.25, 0.3) is 10.4 Å². The molecule has 2 aromatic rings. The first-order valence-electron chi connectivity index (χ1n) is 5.95. The van der Waals surface area contributed by atoms with Crippen molar-refractivity contribution in [3.05, 3.63) is 45.3 Å². The predicted molar refractivity (Wildman–Crippen MR) is 81.8 cm³/mol. The molecule has 0 fully saturated rings. The highest BCUT2D eigenvalue weighted by Gasteiger charge is 2.05. The van der Waals surface area contributed by atoms with Crippen molar-refractivity contribution >= 4 is 34.5 Å². The number of hydrogen-bond acceptors (Lipinski definition) is 2. The second kappa shape index (κ2) is 6.58. The maximum Gasteiger partial charge on any atom is 0.0934 e. The van der Waals surface area contributed by atoms with Gasteiger partial charge in [-0.3, -0.25) is 0 Å². The van der Waals surface area contributed by atoms with Crippen LogP contribution in [0.5, 0.6) is 0 Å². The Morgan fingerprint density at radius 3 is 2.61 bits per heavy atom. The van der Waals surface area contributed by atoms with Crippen molar-refractivity contribution in [1.82, 2.24) is 5.32 Å². The number of thiophene rings is 1. The summed E-state index contributed by atoms with van der Waals surface area (Å²) < 4.78 is 0.801. The fourth-order valence-electron chi connectivity index (χ4n) is 1.71. The fraction of sp³-hybridized carbons (Fsp3) is 0.286. The Morgan fingerprint density at radius 2 is 2.00 bits per heavy atom. The van der Waals surface area contributed by atoms with Crippen LogP contribution in [0.15, 0.2) is 30.3 Å². The highest BCUT2D eigenvalue weighted by molar-refractivity contribution is 7.19. The zero-order valence-electron chi connectivity index (χ0n) is 10.2. The van der Waals surface area contributed by atoms with E-state index in [1.165, 1.54) is 0 Å². The van der Waals surface area contributed by atoms with Gasteiger partial charge in [0.2, 0.25) is 0 Å². The SMILES string of the molecule is CCCNCc1ccc(-c2ccc(Cl)s2)cc1Cl. The molecule has 1 N–H and O–H groups in total. The van der Waals surface area contributed by atoms with Crippen LogP contribution in [-0.4, -0.2) is 6.54 Å². The Hall–Kier alpha value is -0.540. The molecular weight excluding hydrogens is 285 g/mol. The van der Waals surface area contributed by atoms with Gasteiger partial charge in [-0.05, 0) is 42.3 Å². The van der Waals surface area contributed by atoms with Gasteiger partial charge in [0.05, 0.1) is 4.34 Å². The van der Waals surface area contributed by atoms with E-state index >= 15 is 0 Å². The predicted octanol–water partition coefficient (Wildman–Crippen LogP) is 5.22. The number of nitrogens with one attached hydrogen (secondary N) is 1. The van der Waals surface area contributed by atoms with E-state index in [9.17, 15) is 0 Å². The van der Waals surface area contributed by atoms with E-state index < -0.39 is 0 Å². The summed E-state index contributed by atoms with van der Waals surface area (Å²) in [5, 5.41) is 4.16. The monoisotopic (exact) mass is 299 g/mol. The molecule has 0 aliphatic heterocycles. The summed E-state index contributed by atoms with van der Waals surface area (Å²) in [7, 11) is 0. The van der Waals surface area contributed by atoms with Crippen LogP contribution < -0.4 is 5.32 Å². The van der Waals surface area contributed by atoms with Gasteiger partial charge in [-0.2, -0.15) is 0 Å². The highest BCUT2D eigenvalue weighted by atomic mass is 35.5. The van der Waals surface area contributed by atoms with Gasteiger partial charge >= 0.3 is 0 Å². The number of halogens is 2. The lowest BCUT2D eigenvalue weighted by molar-refractivity contribution is 0.675. The van der Waals surface area contributed by atoms with Crippen molar-refractivity contribution in [2.24, 2.45) is 0 Å². The molecule has 0 radical (unpaired) electrons. The summed E-state index contributed by atoms with van der Waals surface area (Å²) in [5.74, 6) is 0. The molecule has 2 rings (SSSR count). The van der Waals surface area contributed by atoms with Crippen molar-refractivity contribution in [2.45, 2.75) is 19.9 Å². The third kappa shape index (κ3) is 3.48. The molecule has 1 aromatic heterocycles. The van der Waals surface area contributed by atoms with Crippen molar-refractivity contribution in [2.75, 3.05) is 6.54 Å². The average Bonchev–Trinajstić information content (AvgIpc) is 2.78. The molecule has 4 heteroatoms. The summed E-state index contributed by atoms with van der Waals surface area (Å²) in [4.78, 5) is 1.15. The van der Waals surface area contributed by atoms with E-state index in [2.05, 4.69) is 24.4 Å². The van der Waals surface area contributed by atoms with E-state index in [0.717, 1.165) is 44.9 Å². The first kappa shape index (κ1) is 13.9. The smallest absolute Gasteiger partial charge is 0.0934 e. The van der Waals surface area contributed by atoms with E-state index in [0.29, 0.717) is 0 Å². The molecule has 0 bridgehead atoms. The van der Waals surface area contributed by atoms with Crippen molar-refractivity contribution in [3.63, 3.8) is 0 Å². The van der Waals surface area contributed by atoms with Gasteiger partial charge in [0.25, 0.3) is 0 Å². The van der Waals surface area contributed by atoms with Crippen molar-refractivity contribution in [3.8, 4) is 10.4 Å². The molecule has 0 aliphatic rings. The number of benzene rings is 1. The zero-order chi connectivity index (χ0) is 13.0. The standard InChI is InChI=1S/C14H15Cl2NS/c1-2-7-17-9-11-4-3-10(8-12(11)15)13-5-6-14(16)18-13/h3-6,8,17H,2,7,9H2,1H3. The minimum Gasteiger partial charge on any atom is -0.313 e. The lowest BCUT2D eigenvalue weighted by Crippen LogP contribution is -2.13. The Labute approximate surface area is 122 Å². The molecule has 0 atom stereocenters. The van der Waals surface area contributed by atoms with E-state index in [1.54, 1.807) is 11.3 Å². The van der Waals surface area contributed by atoms with Gasteiger partial charge in [-0.15, -0.1) is 11.3 Å². The van der Waals surface area contributed by atoms with Gasteiger partial charge in [-0.25, -0.2) is 0 Å². The second-order valence-corrected chi connectivity index (χ2v) is 6.21. The topological polar surface area (TPSA) is 12.0 Å². The Bertz CT molecular complexity index is 522. The molecule has 1 nitrogen and oxygen atoms in total. The molecule has 0 saturated heterocycles. The lowest BCUT2D eigenvalue weighted by Gasteiger charge is -2.07. The van der Waals surface area contributed by atoms with Crippen LogP contribution in [0, 0.1) is 0 Å². The minimum atomic E-state index is 0.801. The van der Waals surface area contributed by atoms with E-state index in [-0.39, 0.29) is 0 Å². The quantitative estimate of drug-likeness (QED) is 0.746. The molecule has 0 aliphatic carbocycles. The fourth-order valence-corrected chi connectivity index (χ4v) is 3.00. The molecule has 0 saturated carbocycles.